The molecule has 190 valence electrons. The summed E-state index contributed by atoms with van der Waals surface area (Å²) in [5.41, 5.74) is 6.98. The van der Waals surface area contributed by atoms with Gasteiger partial charge in [-0.3, -0.25) is 5.43 Å². The number of hydrogen-bond acceptors (Lipinski definition) is 6. The van der Waals surface area contributed by atoms with Gasteiger partial charge in [-0.05, 0) is 37.5 Å². The molecule has 0 unspecified atom stereocenters. The van der Waals surface area contributed by atoms with Crippen LogP contribution in [0.25, 0.3) is 0 Å². The van der Waals surface area contributed by atoms with E-state index in [9.17, 15) is 4.79 Å². The maximum absolute atomic E-state index is 12.1. The molecule has 0 aliphatic rings. The Morgan fingerprint density at radius 1 is 1.03 bits per heavy atom. The number of aromatic nitrogens is 1. The number of nitrogens with one attached hydrogen (secondary N) is 3. The lowest BCUT2D eigenvalue weighted by atomic mass is 10.2. The van der Waals surface area contributed by atoms with Gasteiger partial charge in [0.2, 0.25) is 5.88 Å². The molecule has 0 bridgehead atoms. The summed E-state index contributed by atoms with van der Waals surface area (Å²) in [5.74, 6) is 1.07. The van der Waals surface area contributed by atoms with Crippen LogP contribution >= 0.6 is 0 Å². The van der Waals surface area contributed by atoms with E-state index in [-0.39, 0.29) is 12.6 Å². The van der Waals surface area contributed by atoms with Crippen LogP contribution in [0.3, 0.4) is 0 Å². The lowest BCUT2D eigenvalue weighted by molar-refractivity contribution is 0.246. The van der Waals surface area contributed by atoms with Crippen LogP contribution in [0.2, 0.25) is 0 Å². The van der Waals surface area contributed by atoms with Crippen LogP contribution in [-0.2, 0) is 0 Å². The summed E-state index contributed by atoms with van der Waals surface area (Å²) in [6.45, 7) is 8.88. The number of hydrazone groups is 1. The number of urea groups is 1. The van der Waals surface area contributed by atoms with E-state index in [1.807, 2.05) is 54.6 Å². The summed E-state index contributed by atoms with van der Waals surface area (Å²) in [5, 5.41) is 9.96. The van der Waals surface area contributed by atoms with Gasteiger partial charge in [0.1, 0.15) is 6.61 Å². The molecule has 1 aromatic heterocycles. The molecule has 0 radical (unpaired) electrons. The minimum absolute atomic E-state index is 0.281. The highest BCUT2D eigenvalue weighted by Gasteiger charge is 2.10. The minimum atomic E-state index is -0.281. The Labute approximate surface area is 213 Å². The van der Waals surface area contributed by atoms with E-state index in [1.165, 1.54) is 5.56 Å². The Hall–Kier alpha value is -4.07. The molecule has 1 heterocycles. The molecule has 0 atom stereocenters. The number of carbonyl (C=O) groups is 1. The molecule has 2 amide bonds. The first-order valence-electron chi connectivity index (χ1n) is 12.4. The number of hydrogen-bond donors (Lipinski definition) is 3. The third-order valence-corrected chi connectivity index (χ3v) is 5.24. The van der Waals surface area contributed by atoms with Gasteiger partial charge in [-0.2, -0.15) is 10.1 Å². The molecule has 3 aromatic rings. The van der Waals surface area contributed by atoms with E-state index in [0.29, 0.717) is 18.2 Å². The molecule has 8 nitrogen and oxygen atoms in total. The minimum Gasteiger partial charge on any atom is -0.476 e. The van der Waals surface area contributed by atoms with E-state index in [0.717, 1.165) is 42.9 Å². The highest BCUT2D eigenvalue weighted by atomic mass is 16.5. The number of ether oxygens (including phenoxy) is 1. The Bertz CT molecular complexity index is 1110. The molecule has 8 heteroatoms. The SMILES string of the molecule is CCCN(CCC)c1cc(N/N=C/c2cccc(C)c2)nc(OCCNC(=O)Nc2ccccc2)c1. The second-order valence-corrected chi connectivity index (χ2v) is 8.42. The number of anilines is 3. The Kier molecular flexibility index (Phi) is 10.6. The van der Waals surface area contributed by atoms with E-state index in [1.54, 1.807) is 6.21 Å². The second kappa shape index (κ2) is 14.4. The quantitative estimate of drug-likeness (QED) is 0.164. The Balaban J connectivity index is 1.64. The first kappa shape index (κ1) is 26.5. The van der Waals surface area contributed by atoms with E-state index < -0.39 is 0 Å². The second-order valence-electron chi connectivity index (χ2n) is 8.42. The van der Waals surface area contributed by atoms with E-state index in [2.05, 4.69) is 63.9 Å². The van der Waals surface area contributed by atoms with Crippen LogP contribution in [0.5, 0.6) is 5.88 Å². The number of nitrogens with zero attached hydrogens (tertiary/aromatic N) is 3. The number of amides is 2. The van der Waals surface area contributed by atoms with Crippen molar-refractivity contribution < 1.29 is 9.53 Å². The normalized spacial score (nSPS) is 10.8. The smallest absolute Gasteiger partial charge is 0.319 e. The van der Waals surface area contributed by atoms with Crippen molar-refractivity contribution in [3.8, 4) is 5.88 Å². The molecule has 36 heavy (non-hydrogen) atoms. The van der Waals surface area contributed by atoms with Crippen LogP contribution in [0.15, 0.2) is 71.8 Å². The summed E-state index contributed by atoms with van der Waals surface area (Å²) in [6.07, 6.45) is 3.84. The number of pyridine rings is 1. The van der Waals surface area contributed by atoms with Gasteiger partial charge in [0.05, 0.1) is 12.8 Å². The molecule has 0 saturated carbocycles. The Morgan fingerprint density at radius 2 is 1.81 bits per heavy atom. The van der Waals surface area contributed by atoms with Crippen molar-refractivity contribution in [2.24, 2.45) is 5.10 Å². The fourth-order valence-electron chi connectivity index (χ4n) is 3.66. The van der Waals surface area contributed by atoms with Crippen molar-refractivity contribution in [2.45, 2.75) is 33.6 Å². The van der Waals surface area contributed by atoms with Crippen LogP contribution in [0.1, 0.15) is 37.8 Å². The summed E-state index contributed by atoms with van der Waals surface area (Å²) >= 11 is 0. The molecule has 3 rings (SSSR count). The topological polar surface area (TPSA) is 90.9 Å². The van der Waals surface area contributed by atoms with Crippen molar-refractivity contribution in [3.05, 3.63) is 77.9 Å². The Morgan fingerprint density at radius 3 is 2.53 bits per heavy atom. The zero-order valence-corrected chi connectivity index (χ0v) is 21.3. The van der Waals surface area contributed by atoms with Gasteiger partial charge >= 0.3 is 6.03 Å². The van der Waals surface area contributed by atoms with Crippen molar-refractivity contribution in [1.82, 2.24) is 10.3 Å². The number of benzene rings is 2. The van der Waals surface area contributed by atoms with Gasteiger partial charge in [-0.25, -0.2) is 4.79 Å². The van der Waals surface area contributed by atoms with Gasteiger partial charge in [0, 0.05) is 36.6 Å². The standard InChI is InChI=1S/C28H36N6O2/c1-4-15-34(16-5-2)25-19-26(33-30-21-23-11-9-10-22(3)18-23)32-27(20-25)36-17-14-29-28(35)31-24-12-7-6-8-13-24/h6-13,18-21H,4-5,14-17H2,1-3H3,(H,32,33)(H2,29,31,35)/b30-21+. The van der Waals surface area contributed by atoms with Crippen LogP contribution in [0.4, 0.5) is 22.0 Å². The van der Waals surface area contributed by atoms with Gasteiger partial charge in [0.15, 0.2) is 5.82 Å². The molecule has 0 fully saturated rings. The summed E-state index contributed by atoms with van der Waals surface area (Å²) in [6, 6.07) is 21.1. The van der Waals surface area contributed by atoms with E-state index in [4.69, 9.17) is 4.74 Å². The maximum Gasteiger partial charge on any atom is 0.319 e. The van der Waals surface area contributed by atoms with Gasteiger partial charge in [-0.15, -0.1) is 0 Å². The molecular formula is C28H36N6O2. The first-order chi connectivity index (χ1) is 17.6. The van der Waals surface area contributed by atoms with Crippen LogP contribution in [-0.4, -0.2) is 43.5 Å². The third-order valence-electron chi connectivity index (χ3n) is 5.24. The summed E-state index contributed by atoms with van der Waals surface area (Å²) in [4.78, 5) is 19.0. The van der Waals surface area contributed by atoms with Crippen LogP contribution < -0.4 is 25.7 Å². The van der Waals surface area contributed by atoms with E-state index >= 15 is 0 Å². The number of para-hydroxylation sites is 1. The fraction of sp³-hybridized carbons (Fsp3) is 0.321. The predicted molar refractivity (Wildman–Crippen MR) is 148 cm³/mol. The summed E-state index contributed by atoms with van der Waals surface area (Å²) < 4.78 is 5.90. The highest BCUT2D eigenvalue weighted by molar-refractivity contribution is 5.89. The monoisotopic (exact) mass is 488 g/mol. The van der Waals surface area contributed by atoms with Crippen molar-refractivity contribution in [3.63, 3.8) is 0 Å². The van der Waals surface area contributed by atoms with Crippen LogP contribution in [0, 0.1) is 6.92 Å². The van der Waals surface area contributed by atoms with Gasteiger partial charge in [0.25, 0.3) is 0 Å². The van der Waals surface area contributed by atoms with Crippen molar-refractivity contribution in [1.29, 1.82) is 0 Å². The molecule has 0 aliphatic carbocycles. The molecule has 0 aliphatic heterocycles. The number of rotatable bonds is 13. The number of aryl methyl sites for hydroxylation is 1. The summed E-state index contributed by atoms with van der Waals surface area (Å²) in [7, 11) is 0. The zero-order chi connectivity index (χ0) is 25.6. The van der Waals surface area contributed by atoms with Crippen molar-refractivity contribution in [2.75, 3.05) is 41.9 Å². The third kappa shape index (κ3) is 8.94. The van der Waals surface area contributed by atoms with Crippen molar-refractivity contribution >= 4 is 29.4 Å². The molecule has 3 N–H and O–H groups in total. The zero-order valence-electron chi connectivity index (χ0n) is 21.3. The first-order valence-corrected chi connectivity index (χ1v) is 12.4. The highest BCUT2D eigenvalue weighted by Crippen LogP contribution is 2.24. The lowest BCUT2D eigenvalue weighted by Gasteiger charge is -2.24. The number of carbonyl (C=O) groups excluding carboxylic acids is 1. The fourth-order valence-corrected chi connectivity index (χ4v) is 3.66. The maximum atomic E-state index is 12.1. The molecule has 2 aromatic carbocycles. The van der Waals surface area contributed by atoms with Gasteiger partial charge < -0.3 is 20.3 Å². The average molecular weight is 489 g/mol. The predicted octanol–water partition coefficient (Wildman–Crippen LogP) is 5.66. The molecular weight excluding hydrogens is 452 g/mol. The largest absolute Gasteiger partial charge is 0.476 e. The molecule has 0 spiro atoms. The van der Waals surface area contributed by atoms with Gasteiger partial charge in [-0.1, -0.05) is 61.9 Å². The average Bonchev–Trinajstić information content (AvgIpc) is 2.87. The molecule has 0 saturated heterocycles. The lowest BCUT2D eigenvalue weighted by Crippen LogP contribution is -2.32.